The van der Waals surface area contributed by atoms with Crippen molar-refractivity contribution in [1.82, 2.24) is 0 Å². The second-order valence-electron chi connectivity index (χ2n) is 4.19. The lowest BCUT2D eigenvalue weighted by atomic mass is 10.1. The summed E-state index contributed by atoms with van der Waals surface area (Å²) in [5.74, 6) is 0. The molecule has 2 nitrogen and oxygen atoms in total. The van der Waals surface area contributed by atoms with Crippen molar-refractivity contribution in [1.29, 1.82) is 0 Å². The zero-order chi connectivity index (χ0) is 10.6. The molecule has 0 amide bonds. The van der Waals surface area contributed by atoms with E-state index < -0.39 is 0 Å². The number of rotatable bonds is 10. The summed E-state index contributed by atoms with van der Waals surface area (Å²) in [6.07, 6.45) is 10.5. The fourth-order valence-corrected chi connectivity index (χ4v) is 1.61. The van der Waals surface area contributed by atoms with E-state index in [1.54, 1.807) is 0 Å². The van der Waals surface area contributed by atoms with Crippen molar-refractivity contribution in [3.8, 4) is 0 Å². The topological polar surface area (TPSA) is 40.5 Å². The van der Waals surface area contributed by atoms with Crippen molar-refractivity contribution in [3.63, 3.8) is 0 Å². The van der Waals surface area contributed by atoms with Crippen LogP contribution in [-0.4, -0.2) is 22.9 Å². The van der Waals surface area contributed by atoms with Gasteiger partial charge in [-0.2, -0.15) is 0 Å². The Balaban J connectivity index is 2.85. The molecule has 0 aromatic carbocycles. The maximum Gasteiger partial charge on any atom is 0.0512 e. The number of aliphatic hydroxyl groups is 2. The van der Waals surface area contributed by atoms with Crippen LogP contribution in [0.4, 0.5) is 0 Å². The summed E-state index contributed by atoms with van der Waals surface area (Å²) >= 11 is 0. The smallest absolute Gasteiger partial charge is 0.0512 e. The van der Waals surface area contributed by atoms with Crippen LogP contribution >= 0.6 is 0 Å². The first-order chi connectivity index (χ1) is 6.77. The second-order valence-corrected chi connectivity index (χ2v) is 4.19. The summed E-state index contributed by atoms with van der Waals surface area (Å²) < 4.78 is 0. The van der Waals surface area contributed by atoms with Gasteiger partial charge in [0.15, 0.2) is 0 Å². The van der Waals surface area contributed by atoms with Gasteiger partial charge in [0.25, 0.3) is 0 Å². The van der Waals surface area contributed by atoms with E-state index >= 15 is 0 Å². The van der Waals surface area contributed by atoms with Crippen LogP contribution in [-0.2, 0) is 0 Å². The molecule has 1 atom stereocenters. The monoisotopic (exact) mass is 202 g/mol. The molecule has 0 saturated carbocycles. The van der Waals surface area contributed by atoms with E-state index in [1.165, 1.54) is 38.5 Å². The van der Waals surface area contributed by atoms with E-state index in [0.29, 0.717) is 6.61 Å². The molecule has 14 heavy (non-hydrogen) atoms. The van der Waals surface area contributed by atoms with Crippen LogP contribution in [0.5, 0.6) is 0 Å². The highest BCUT2D eigenvalue weighted by Crippen LogP contribution is 2.10. The van der Waals surface area contributed by atoms with Crippen molar-refractivity contribution >= 4 is 0 Å². The van der Waals surface area contributed by atoms with Crippen LogP contribution < -0.4 is 0 Å². The lowest BCUT2D eigenvalue weighted by Crippen LogP contribution is -1.98. The summed E-state index contributed by atoms with van der Waals surface area (Å²) in [5, 5.41) is 17.6. The van der Waals surface area contributed by atoms with Gasteiger partial charge in [-0.15, -0.1) is 0 Å². The average Bonchev–Trinajstić information content (AvgIpc) is 2.15. The van der Waals surface area contributed by atoms with Gasteiger partial charge in [0.2, 0.25) is 0 Å². The maximum atomic E-state index is 9.03. The van der Waals surface area contributed by atoms with Crippen molar-refractivity contribution < 1.29 is 10.2 Å². The molecule has 0 unspecified atom stereocenters. The van der Waals surface area contributed by atoms with Gasteiger partial charge in [-0.05, 0) is 19.8 Å². The zero-order valence-corrected chi connectivity index (χ0v) is 9.54. The first-order valence-electron chi connectivity index (χ1n) is 6.06. The van der Waals surface area contributed by atoms with Gasteiger partial charge < -0.3 is 10.2 Å². The number of aliphatic hydroxyl groups excluding tert-OH is 2. The van der Waals surface area contributed by atoms with E-state index in [0.717, 1.165) is 19.3 Å². The largest absolute Gasteiger partial charge is 0.396 e. The van der Waals surface area contributed by atoms with Crippen LogP contribution in [0.15, 0.2) is 0 Å². The first-order valence-corrected chi connectivity index (χ1v) is 6.06. The summed E-state index contributed by atoms with van der Waals surface area (Å²) in [4.78, 5) is 0. The number of hydrogen-bond acceptors (Lipinski definition) is 2. The highest BCUT2D eigenvalue weighted by atomic mass is 16.3. The molecule has 0 aliphatic carbocycles. The summed E-state index contributed by atoms with van der Waals surface area (Å²) in [6.45, 7) is 2.20. The quantitative estimate of drug-likeness (QED) is 0.535. The maximum absolute atomic E-state index is 9.03. The highest BCUT2D eigenvalue weighted by molar-refractivity contribution is 4.50. The Bertz CT molecular complexity index is 102. The van der Waals surface area contributed by atoms with E-state index in [4.69, 9.17) is 10.2 Å². The Morgan fingerprint density at radius 3 is 1.64 bits per heavy atom. The SMILES string of the molecule is C[C@H](O)CCCCCCCCCCO. The molecule has 0 saturated heterocycles. The van der Waals surface area contributed by atoms with Crippen molar-refractivity contribution in [3.05, 3.63) is 0 Å². The molecular formula is C12H26O2. The molecule has 0 aromatic rings. The van der Waals surface area contributed by atoms with Crippen molar-refractivity contribution in [2.75, 3.05) is 6.61 Å². The molecule has 0 bridgehead atoms. The molecule has 2 heteroatoms. The molecule has 0 rings (SSSR count). The predicted octanol–water partition coefficient (Wildman–Crippen LogP) is 2.87. The first kappa shape index (κ1) is 13.9. The summed E-state index contributed by atoms with van der Waals surface area (Å²) in [7, 11) is 0. The van der Waals surface area contributed by atoms with Crippen LogP contribution in [0.25, 0.3) is 0 Å². The fourth-order valence-electron chi connectivity index (χ4n) is 1.61. The van der Waals surface area contributed by atoms with E-state index in [2.05, 4.69) is 0 Å². The second kappa shape index (κ2) is 11.0. The number of hydrogen-bond donors (Lipinski definition) is 2. The molecular weight excluding hydrogens is 176 g/mol. The third kappa shape index (κ3) is 11.9. The molecule has 0 aliphatic rings. The lowest BCUT2D eigenvalue weighted by molar-refractivity contribution is 0.180. The molecule has 0 spiro atoms. The number of unbranched alkanes of at least 4 members (excludes halogenated alkanes) is 7. The zero-order valence-electron chi connectivity index (χ0n) is 9.54. The molecule has 2 N–H and O–H groups in total. The Kier molecular flexibility index (Phi) is 10.9. The molecule has 86 valence electrons. The average molecular weight is 202 g/mol. The minimum Gasteiger partial charge on any atom is -0.396 e. The minimum absolute atomic E-state index is 0.125. The Morgan fingerprint density at radius 1 is 0.786 bits per heavy atom. The van der Waals surface area contributed by atoms with Crippen molar-refractivity contribution in [2.45, 2.75) is 70.8 Å². The van der Waals surface area contributed by atoms with Crippen LogP contribution in [0.1, 0.15) is 64.7 Å². The van der Waals surface area contributed by atoms with Crippen LogP contribution in [0.2, 0.25) is 0 Å². The molecule has 0 aliphatic heterocycles. The molecule has 0 radical (unpaired) electrons. The van der Waals surface area contributed by atoms with Crippen LogP contribution in [0.3, 0.4) is 0 Å². The van der Waals surface area contributed by atoms with Gasteiger partial charge >= 0.3 is 0 Å². The summed E-state index contributed by atoms with van der Waals surface area (Å²) in [6, 6.07) is 0. The Labute approximate surface area is 88.3 Å². The third-order valence-corrected chi connectivity index (χ3v) is 2.53. The van der Waals surface area contributed by atoms with Gasteiger partial charge in [-0.1, -0.05) is 44.9 Å². The normalized spacial score (nSPS) is 13.1. The fraction of sp³-hybridized carbons (Fsp3) is 1.00. The molecule has 0 aromatic heterocycles. The van der Waals surface area contributed by atoms with E-state index in [-0.39, 0.29) is 6.10 Å². The highest BCUT2D eigenvalue weighted by Gasteiger charge is 1.95. The van der Waals surface area contributed by atoms with Gasteiger partial charge in [0, 0.05) is 6.61 Å². The van der Waals surface area contributed by atoms with Crippen molar-refractivity contribution in [2.24, 2.45) is 0 Å². The third-order valence-electron chi connectivity index (χ3n) is 2.53. The summed E-state index contributed by atoms with van der Waals surface area (Å²) in [5.41, 5.74) is 0. The molecule has 0 heterocycles. The Morgan fingerprint density at radius 2 is 1.21 bits per heavy atom. The predicted molar refractivity (Wildman–Crippen MR) is 60.3 cm³/mol. The van der Waals surface area contributed by atoms with Crippen LogP contribution in [0, 0.1) is 0 Å². The molecule has 0 fully saturated rings. The van der Waals surface area contributed by atoms with Gasteiger partial charge in [0.05, 0.1) is 6.10 Å². The van der Waals surface area contributed by atoms with Gasteiger partial charge in [-0.25, -0.2) is 0 Å². The van der Waals surface area contributed by atoms with E-state index in [9.17, 15) is 0 Å². The lowest BCUT2D eigenvalue weighted by Gasteiger charge is -2.03. The minimum atomic E-state index is -0.125. The Hall–Kier alpha value is -0.0800. The standard InChI is InChI=1S/C12H26O2/c1-12(14)10-8-6-4-2-3-5-7-9-11-13/h12-14H,2-11H2,1H3/t12-/m0/s1. The van der Waals surface area contributed by atoms with Gasteiger partial charge in [0.1, 0.15) is 0 Å². The van der Waals surface area contributed by atoms with Gasteiger partial charge in [-0.3, -0.25) is 0 Å². The van der Waals surface area contributed by atoms with E-state index in [1.807, 2.05) is 6.92 Å².